The third-order valence-electron chi connectivity index (χ3n) is 4.39. The molecule has 0 bridgehead atoms. The SMILES string of the molecule is COc1ccccc1NC(=O)C1CC(=O)N(c2cccc(Cl)c2C)C1. The van der Waals surface area contributed by atoms with Crippen LogP contribution in [0.15, 0.2) is 42.5 Å². The fourth-order valence-corrected chi connectivity index (χ4v) is 3.16. The van der Waals surface area contributed by atoms with Crippen molar-refractivity contribution < 1.29 is 14.3 Å². The van der Waals surface area contributed by atoms with Gasteiger partial charge in [0.1, 0.15) is 5.75 Å². The molecule has 6 heteroatoms. The van der Waals surface area contributed by atoms with Gasteiger partial charge < -0.3 is 15.0 Å². The Hall–Kier alpha value is -2.53. The first-order valence-electron chi connectivity index (χ1n) is 8.00. The number of para-hydroxylation sites is 2. The van der Waals surface area contributed by atoms with Gasteiger partial charge in [0.15, 0.2) is 0 Å². The number of nitrogens with zero attached hydrogens (tertiary/aromatic N) is 1. The summed E-state index contributed by atoms with van der Waals surface area (Å²) in [6.07, 6.45) is 0.174. The number of anilines is 2. The maximum Gasteiger partial charge on any atom is 0.229 e. The first-order chi connectivity index (χ1) is 12.0. The Kier molecular flexibility index (Phi) is 4.95. The van der Waals surface area contributed by atoms with Gasteiger partial charge in [0.25, 0.3) is 0 Å². The van der Waals surface area contributed by atoms with Crippen LogP contribution >= 0.6 is 11.6 Å². The van der Waals surface area contributed by atoms with Gasteiger partial charge in [-0.3, -0.25) is 9.59 Å². The average Bonchev–Trinajstić information content (AvgIpc) is 2.99. The Morgan fingerprint density at radius 3 is 2.76 bits per heavy atom. The van der Waals surface area contributed by atoms with Gasteiger partial charge in [-0.05, 0) is 36.8 Å². The monoisotopic (exact) mass is 358 g/mol. The highest BCUT2D eigenvalue weighted by molar-refractivity contribution is 6.31. The van der Waals surface area contributed by atoms with Crippen LogP contribution in [-0.4, -0.2) is 25.5 Å². The van der Waals surface area contributed by atoms with Crippen LogP contribution in [0.1, 0.15) is 12.0 Å². The minimum Gasteiger partial charge on any atom is -0.495 e. The lowest BCUT2D eigenvalue weighted by Crippen LogP contribution is -2.28. The van der Waals surface area contributed by atoms with Crippen molar-refractivity contribution in [2.45, 2.75) is 13.3 Å². The molecule has 1 fully saturated rings. The molecule has 2 aromatic carbocycles. The van der Waals surface area contributed by atoms with Crippen LogP contribution < -0.4 is 15.0 Å². The fraction of sp³-hybridized carbons (Fsp3) is 0.263. The molecule has 1 atom stereocenters. The molecule has 0 aliphatic carbocycles. The number of nitrogens with one attached hydrogen (secondary N) is 1. The van der Waals surface area contributed by atoms with Crippen molar-refractivity contribution in [1.82, 2.24) is 0 Å². The Morgan fingerprint density at radius 2 is 2.00 bits per heavy atom. The summed E-state index contributed by atoms with van der Waals surface area (Å²) in [4.78, 5) is 26.6. The molecule has 1 unspecified atom stereocenters. The first kappa shape index (κ1) is 17.3. The van der Waals surface area contributed by atoms with Gasteiger partial charge in [-0.25, -0.2) is 0 Å². The summed E-state index contributed by atoms with van der Waals surface area (Å²) < 4.78 is 5.24. The van der Waals surface area contributed by atoms with Crippen LogP contribution in [0.4, 0.5) is 11.4 Å². The summed E-state index contributed by atoms with van der Waals surface area (Å²) >= 11 is 6.15. The highest BCUT2D eigenvalue weighted by Gasteiger charge is 2.36. The fourth-order valence-electron chi connectivity index (χ4n) is 2.99. The lowest BCUT2D eigenvalue weighted by atomic mass is 10.1. The predicted octanol–water partition coefficient (Wildman–Crippen LogP) is 3.65. The van der Waals surface area contributed by atoms with Crippen molar-refractivity contribution >= 4 is 34.8 Å². The van der Waals surface area contributed by atoms with Gasteiger partial charge in [-0.15, -0.1) is 0 Å². The third kappa shape index (κ3) is 3.46. The van der Waals surface area contributed by atoms with Gasteiger partial charge in [0.05, 0.1) is 18.7 Å². The number of amides is 2. The Labute approximate surface area is 151 Å². The zero-order valence-electron chi connectivity index (χ0n) is 14.1. The molecule has 0 spiro atoms. The molecule has 1 aliphatic rings. The molecule has 130 valence electrons. The predicted molar refractivity (Wildman–Crippen MR) is 98.3 cm³/mol. The van der Waals surface area contributed by atoms with Gasteiger partial charge in [-0.1, -0.05) is 29.8 Å². The third-order valence-corrected chi connectivity index (χ3v) is 4.80. The Balaban J connectivity index is 1.76. The van der Waals surface area contributed by atoms with E-state index < -0.39 is 5.92 Å². The molecule has 0 aromatic heterocycles. The van der Waals surface area contributed by atoms with Crippen LogP contribution in [-0.2, 0) is 9.59 Å². The molecule has 3 rings (SSSR count). The van der Waals surface area contributed by atoms with Crippen molar-refractivity contribution in [1.29, 1.82) is 0 Å². The second-order valence-electron chi connectivity index (χ2n) is 5.98. The highest BCUT2D eigenvalue weighted by atomic mass is 35.5. The molecule has 1 heterocycles. The number of ether oxygens (including phenoxy) is 1. The van der Waals surface area contributed by atoms with Crippen molar-refractivity contribution in [3.63, 3.8) is 0 Å². The van der Waals surface area contributed by atoms with Gasteiger partial charge in [0, 0.05) is 23.7 Å². The van der Waals surface area contributed by atoms with E-state index in [9.17, 15) is 9.59 Å². The van der Waals surface area contributed by atoms with Crippen molar-refractivity contribution in [3.8, 4) is 5.75 Å². The number of hydrogen-bond donors (Lipinski definition) is 1. The molecule has 0 radical (unpaired) electrons. The van der Waals surface area contributed by atoms with E-state index in [4.69, 9.17) is 16.3 Å². The largest absolute Gasteiger partial charge is 0.495 e. The lowest BCUT2D eigenvalue weighted by Gasteiger charge is -2.19. The summed E-state index contributed by atoms with van der Waals surface area (Å²) in [5, 5.41) is 3.46. The standard InChI is InChI=1S/C19H19ClN2O3/c1-12-14(20)6-5-8-16(12)22-11-13(10-18(22)23)19(24)21-15-7-3-4-9-17(15)25-2/h3-9,13H,10-11H2,1-2H3,(H,21,24). The topological polar surface area (TPSA) is 58.6 Å². The molecule has 1 N–H and O–H groups in total. The molecular weight excluding hydrogens is 340 g/mol. The number of hydrogen-bond acceptors (Lipinski definition) is 3. The zero-order valence-corrected chi connectivity index (χ0v) is 14.8. The Morgan fingerprint density at radius 1 is 1.24 bits per heavy atom. The average molecular weight is 359 g/mol. The quantitative estimate of drug-likeness (QED) is 0.907. The van der Waals surface area contributed by atoms with Crippen LogP contribution in [0.3, 0.4) is 0 Å². The van der Waals surface area contributed by atoms with E-state index >= 15 is 0 Å². The van der Waals surface area contributed by atoms with E-state index in [-0.39, 0.29) is 18.2 Å². The summed E-state index contributed by atoms with van der Waals surface area (Å²) in [7, 11) is 1.55. The zero-order chi connectivity index (χ0) is 18.0. The maximum atomic E-state index is 12.6. The Bertz CT molecular complexity index is 822. The van der Waals surface area contributed by atoms with Gasteiger partial charge >= 0.3 is 0 Å². The molecule has 0 saturated carbocycles. The van der Waals surface area contributed by atoms with E-state index in [2.05, 4.69) is 5.32 Å². The van der Waals surface area contributed by atoms with Crippen LogP contribution in [0.25, 0.3) is 0 Å². The van der Waals surface area contributed by atoms with E-state index in [0.29, 0.717) is 23.0 Å². The van der Waals surface area contributed by atoms with Gasteiger partial charge in [0.2, 0.25) is 11.8 Å². The van der Waals surface area contributed by atoms with Crippen molar-refractivity contribution in [2.75, 3.05) is 23.9 Å². The van der Waals surface area contributed by atoms with Crippen molar-refractivity contribution in [2.24, 2.45) is 5.92 Å². The van der Waals surface area contributed by atoms with Crippen LogP contribution in [0.5, 0.6) is 5.75 Å². The van der Waals surface area contributed by atoms with E-state index in [1.807, 2.05) is 25.1 Å². The molecule has 2 aromatic rings. The normalized spacial score (nSPS) is 16.8. The van der Waals surface area contributed by atoms with E-state index in [0.717, 1.165) is 11.3 Å². The highest BCUT2D eigenvalue weighted by Crippen LogP contribution is 2.32. The summed E-state index contributed by atoms with van der Waals surface area (Å²) in [5.41, 5.74) is 2.19. The summed E-state index contributed by atoms with van der Waals surface area (Å²) in [6.45, 7) is 2.20. The minimum absolute atomic E-state index is 0.0782. The van der Waals surface area contributed by atoms with Crippen molar-refractivity contribution in [3.05, 3.63) is 53.1 Å². The number of rotatable bonds is 4. The summed E-state index contributed by atoms with van der Waals surface area (Å²) in [6, 6.07) is 12.6. The second kappa shape index (κ2) is 7.15. The number of methoxy groups -OCH3 is 1. The maximum absolute atomic E-state index is 12.6. The smallest absolute Gasteiger partial charge is 0.229 e. The molecule has 25 heavy (non-hydrogen) atoms. The number of benzene rings is 2. The van der Waals surface area contributed by atoms with E-state index in [1.165, 1.54) is 0 Å². The number of carbonyl (C=O) groups excluding carboxylic acids is 2. The number of carbonyl (C=O) groups is 2. The molecule has 1 saturated heterocycles. The molecule has 2 amide bonds. The molecule has 5 nitrogen and oxygen atoms in total. The van der Waals surface area contributed by atoms with Gasteiger partial charge in [-0.2, -0.15) is 0 Å². The lowest BCUT2D eigenvalue weighted by molar-refractivity contribution is -0.122. The van der Waals surface area contributed by atoms with E-state index in [1.54, 1.807) is 36.3 Å². The summed E-state index contributed by atoms with van der Waals surface area (Å²) in [5.74, 6) is -0.107. The minimum atomic E-state index is -0.421. The molecule has 1 aliphatic heterocycles. The second-order valence-corrected chi connectivity index (χ2v) is 6.39. The van der Waals surface area contributed by atoms with Crippen LogP contribution in [0.2, 0.25) is 5.02 Å². The first-order valence-corrected chi connectivity index (χ1v) is 8.38. The van der Waals surface area contributed by atoms with Crippen LogP contribution in [0, 0.1) is 12.8 Å². The number of halogens is 1. The molecular formula is C19H19ClN2O3.